The molecule has 4 aliphatic heterocycles. The molecule has 4 aliphatic rings. The van der Waals surface area contributed by atoms with Gasteiger partial charge >= 0.3 is 29.8 Å². The summed E-state index contributed by atoms with van der Waals surface area (Å²) in [5, 5.41) is 71.5. The zero-order valence-corrected chi connectivity index (χ0v) is 68.1. The van der Waals surface area contributed by atoms with Gasteiger partial charge in [-0.15, -0.1) is 0 Å². The predicted molar refractivity (Wildman–Crippen MR) is 440 cm³/mol. The first-order valence-corrected chi connectivity index (χ1v) is 39.7. The van der Waals surface area contributed by atoms with Gasteiger partial charge in [-0.1, -0.05) is 141 Å². The number of aliphatic hydroxyl groups is 7. The molecule has 13 rings (SSSR count). The van der Waals surface area contributed by atoms with Gasteiger partial charge in [0.1, 0.15) is 59.8 Å². The lowest BCUT2D eigenvalue weighted by atomic mass is 9.91. The largest absolute Gasteiger partial charge is 0.462 e. The molecule has 648 valence electrons. The Hall–Kier alpha value is -11.7. The third-order valence-corrected chi connectivity index (χ3v) is 20.8. The van der Waals surface area contributed by atoms with E-state index in [0.717, 1.165) is 11.1 Å². The SMILES string of the molecule is CC(=O)NCCc1ccc(O[C@@H]2O[C@@H](C)[C@H](C)[C@@H](OC(=O)c3ccccc3)[C@H]2OC(=O)c2ccccc2)cc1-c1cccc(F)c1.CC(=O)NCCc1ccc(O[C@@H]2O[C@@H](C)[C@H](O)[C@@H](O)[C@H]2O)cc1-c1cccc(F)c1.C[C@@H]1OC(O)[C@H](O)[C@H](O)[C@H]1O.C[C@@H]1[C@@H](OC(=O)c2ccccc2)[C@@H](OC(=O)c2ccccc2)C(OC(=O)c2ccccc2)O[C@H]1C.[3HH]. The monoisotopic (exact) mass is 1690 g/mol. The Morgan fingerprint density at radius 1 is 0.336 bits per heavy atom. The van der Waals surface area contributed by atoms with E-state index in [1.807, 2.05) is 26.8 Å². The Kier molecular flexibility index (Phi) is 33.5. The summed E-state index contributed by atoms with van der Waals surface area (Å²) < 4.78 is 91.8. The first-order valence-electron chi connectivity index (χ1n) is 39.7. The molecule has 4 fully saturated rings. The highest BCUT2D eigenvalue weighted by Gasteiger charge is 2.51. The van der Waals surface area contributed by atoms with Crippen molar-refractivity contribution in [2.45, 2.75) is 179 Å². The van der Waals surface area contributed by atoms with Gasteiger partial charge in [0.2, 0.25) is 42.9 Å². The number of carbonyl (C=O) groups excluding carboxylic acids is 7. The number of amides is 2. The summed E-state index contributed by atoms with van der Waals surface area (Å²) in [6.45, 7) is 14.1. The van der Waals surface area contributed by atoms with Gasteiger partial charge in [0.25, 0.3) is 0 Å². The summed E-state index contributed by atoms with van der Waals surface area (Å²) in [4.78, 5) is 87.8. The number of halogens is 2. The minimum Gasteiger partial charge on any atom is -0.462 e. The van der Waals surface area contributed by atoms with Crippen molar-refractivity contribution in [1.82, 2.24) is 10.6 Å². The Labute approximate surface area is 705 Å². The van der Waals surface area contributed by atoms with Gasteiger partial charge in [-0.2, -0.15) is 0 Å². The fraction of sp³-hybridized carbons (Fsp3) is 0.344. The Bertz CT molecular complexity index is 4920. The van der Waals surface area contributed by atoms with E-state index in [0.29, 0.717) is 87.5 Å². The molecule has 0 saturated carbocycles. The molecule has 4 heterocycles. The van der Waals surface area contributed by atoms with Crippen LogP contribution in [-0.2, 0) is 65.1 Å². The van der Waals surface area contributed by atoms with E-state index < -0.39 is 146 Å². The van der Waals surface area contributed by atoms with Crippen molar-refractivity contribution in [3.8, 4) is 33.8 Å². The second kappa shape index (κ2) is 44.2. The van der Waals surface area contributed by atoms with Crippen molar-refractivity contribution < 1.29 is 132 Å². The van der Waals surface area contributed by atoms with Crippen molar-refractivity contribution in [2.24, 2.45) is 11.8 Å². The van der Waals surface area contributed by atoms with E-state index >= 15 is 0 Å². The molecule has 9 N–H and O–H groups in total. The maximum Gasteiger partial charge on any atom is 0.340 e. The van der Waals surface area contributed by atoms with Gasteiger partial charge < -0.3 is 98.5 Å². The van der Waals surface area contributed by atoms with Crippen LogP contribution in [0, 0.1) is 23.5 Å². The Morgan fingerprint density at radius 3 is 1.02 bits per heavy atom. The van der Waals surface area contributed by atoms with E-state index in [4.69, 9.17) is 67.8 Å². The quantitative estimate of drug-likeness (QED) is 0.0225. The molecule has 29 heteroatoms. The van der Waals surface area contributed by atoms with Crippen LogP contribution in [-0.4, -0.2) is 201 Å². The average molecular weight is 1690 g/mol. The maximum atomic E-state index is 14.3. The summed E-state index contributed by atoms with van der Waals surface area (Å²) >= 11 is 0. The normalized spacial score (nSPS) is 25.8. The highest BCUT2D eigenvalue weighted by Crippen LogP contribution is 2.38. The molecule has 4 saturated heterocycles. The third kappa shape index (κ3) is 25.2. The van der Waals surface area contributed by atoms with E-state index in [9.17, 15) is 57.7 Å². The molecule has 0 bridgehead atoms. The molecule has 2 unspecified atom stereocenters. The third-order valence-electron chi connectivity index (χ3n) is 20.8. The first kappa shape index (κ1) is 92.6. The number of ether oxygens (including phenoxy) is 11. The van der Waals surface area contributed by atoms with Crippen LogP contribution in [0.3, 0.4) is 0 Å². The molecule has 20 atom stereocenters. The molecule has 27 nitrogen and oxygen atoms in total. The van der Waals surface area contributed by atoms with Gasteiger partial charge in [-0.25, -0.2) is 32.8 Å². The number of benzene rings is 9. The van der Waals surface area contributed by atoms with Crippen molar-refractivity contribution in [3.05, 3.63) is 287 Å². The van der Waals surface area contributed by atoms with Crippen LogP contribution in [0.15, 0.2) is 237 Å². The minimum atomic E-state index is -1.44. The van der Waals surface area contributed by atoms with Gasteiger partial charge in [-0.05, 0) is 183 Å². The zero-order valence-electron chi connectivity index (χ0n) is 68.1. The molecule has 0 aliphatic carbocycles. The molecular weight excluding hydrogens is 1580 g/mol. The zero-order chi connectivity index (χ0) is 87.8. The van der Waals surface area contributed by atoms with Crippen molar-refractivity contribution in [1.29, 1.82) is 0 Å². The lowest BCUT2D eigenvalue weighted by Crippen LogP contribution is -2.58. The highest BCUT2D eigenvalue weighted by molar-refractivity contribution is 5.92. The smallest absolute Gasteiger partial charge is 0.340 e. The molecule has 122 heavy (non-hydrogen) atoms. The van der Waals surface area contributed by atoms with Crippen LogP contribution in [0.1, 0.15) is 120 Å². The number of carbonyl (C=O) groups is 7. The summed E-state index contributed by atoms with van der Waals surface area (Å²) in [5.74, 6) is -4.15. The molecule has 2 amide bonds. The number of aliphatic hydroxyl groups excluding tert-OH is 7. The van der Waals surface area contributed by atoms with Crippen LogP contribution < -0.4 is 20.1 Å². The first-order chi connectivity index (χ1) is 58.4. The Morgan fingerprint density at radius 2 is 0.656 bits per heavy atom. The van der Waals surface area contributed by atoms with Crippen molar-refractivity contribution in [3.63, 3.8) is 0 Å². The summed E-state index contributed by atoms with van der Waals surface area (Å²) in [5.41, 5.74) is 6.03. The fourth-order valence-corrected chi connectivity index (χ4v) is 13.6. The molecule has 0 spiro atoms. The molecular formula is C93H102F2N2O25. The van der Waals surface area contributed by atoms with E-state index in [-0.39, 0.29) is 30.9 Å². The number of nitrogens with one attached hydrogen (secondary N) is 2. The number of rotatable bonds is 22. The van der Waals surface area contributed by atoms with E-state index in [2.05, 4.69) is 15.4 Å². The lowest BCUT2D eigenvalue weighted by molar-refractivity contribution is -0.277. The van der Waals surface area contributed by atoms with Crippen LogP contribution >= 0.6 is 0 Å². The van der Waals surface area contributed by atoms with Crippen LogP contribution in [0.5, 0.6) is 11.5 Å². The minimum absolute atomic E-state index is 0. The van der Waals surface area contributed by atoms with Crippen LogP contribution in [0.25, 0.3) is 22.3 Å². The van der Waals surface area contributed by atoms with Crippen molar-refractivity contribution >= 4 is 41.7 Å². The molecule has 9 aromatic rings. The van der Waals surface area contributed by atoms with Gasteiger partial charge in [-0.3, -0.25) is 9.59 Å². The summed E-state index contributed by atoms with van der Waals surface area (Å²) in [6.07, 6.45) is -18.4. The van der Waals surface area contributed by atoms with Crippen LogP contribution in [0.4, 0.5) is 8.78 Å². The lowest BCUT2D eigenvalue weighted by Gasteiger charge is -2.43. The average Bonchev–Trinajstić information content (AvgIpc) is 0.784. The summed E-state index contributed by atoms with van der Waals surface area (Å²) in [7, 11) is 0. The topological polar surface area (TPSA) is 387 Å². The van der Waals surface area contributed by atoms with Gasteiger partial charge in [0.15, 0.2) is 18.5 Å². The summed E-state index contributed by atoms with van der Waals surface area (Å²) in [6, 6.07) is 65.2. The second-order valence-corrected chi connectivity index (χ2v) is 29.6. The molecule has 0 radical (unpaired) electrons. The van der Waals surface area contributed by atoms with Crippen molar-refractivity contribution in [2.75, 3.05) is 13.1 Å². The van der Waals surface area contributed by atoms with Crippen LogP contribution in [0.2, 0.25) is 0 Å². The number of hydrogen-bond donors (Lipinski definition) is 9. The molecule has 9 aromatic carbocycles. The van der Waals surface area contributed by atoms with E-state index in [1.54, 1.807) is 220 Å². The number of esters is 5. The van der Waals surface area contributed by atoms with E-state index in [1.165, 1.54) is 45.0 Å². The highest BCUT2D eigenvalue weighted by atomic mass is 19.1. The number of hydrogen-bond acceptors (Lipinski definition) is 25. The standard InChI is InChI=1S/C37H36FNO7.C28H26O7.C22H26FNO6.C6H12O5.H2/c1-23-24(2)43-37(44-31-18-17-26(19-20-39-25(3)40)32(22-31)29-15-10-16-30(38)21-29)34(46-36(42)28-13-8-5-9-14-28)33(23)45-35(41)27-11-6-4-7-12-27;1-18-19(2)32-28(35-27(31)22-16-10-5-11-17-22)24(34-26(30)21-14-8-4-9-15-21)23(18)33-25(29)20-12-6-3-7-13-20;1-12-19(26)20(27)21(28)22(29-12)30-17-7-6-14(8-9-24-13(2)25)18(11-17)15-4-3-5-16(23)10-15;1-2-3(7)4(8)5(9)6(10)11-2;/h4-18,21-24,33-34,37H,19-20H2,1-3H3,(H,39,40);3-19,23-24,28H,1-2H3;3-7,10-12,19-22,26-28H,8-9H2,1-2H3,(H,24,25);2-10H,1H3;1H/t23-,24-,33+,34+,37-;18-,19-,23+,24+,28?;12-,19-,20+,21+,22-;2-,3-,4+,5+,6?;/m0000./s1/i;;;;1+2. The predicted octanol–water partition coefficient (Wildman–Crippen LogP) is 10.5. The van der Waals surface area contributed by atoms with Gasteiger partial charge in [0, 0.05) is 40.2 Å². The second-order valence-electron chi connectivity index (χ2n) is 29.6. The Balaban J connectivity index is 0.000000200. The molecule has 0 aromatic heterocycles. The maximum absolute atomic E-state index is 14.3. The van der Waals surface area contributed by atoms with Gasteiger partial charge in [0.05, 0.1) is 52.2 Å². The fourth-order valence-electron chi connectivity index (χ4n) is 13.6.